The summed E-state index contributed by atoms with van der Waals surface area (Å²) in [5.74, 6) is -2.30. The third kappa shape index (κ3) is 75.6. The Hall–Kier alpha value is -5.61. The van der Waals surface area contributed by atoms with Crippen molar-refractivity contribution < 1.29 is 42.9 Å². The van der Waals surface area contributed by atoms with Crippen LogP contribution < -0.4 is 5.11 Å². The molecule has 0 aliphatic rings. The van der Waals surface area contributed by atoms with Gasteiger partial charge in [-0.15, -0.1) is 0 Å². The summed E-state index contributed by atoms with van der Waals surface area (Å²) in [6.07, 6.45) is 110. The largest absolute Gasteiger partial charge is 0.545 e. The molecule has 0 fully saturated rings. The highest BCUT2D eigenvalue weighted by molar-refractivity contribution is 5.70. The molecule has 0 aromatic rings. The lowest BCUT2D eigenvalue weighted by atomic mass is 10.0. The van der Waals surface area contributed by atoms with Gasteiger partial charge in [-0.05, 0) is 135 Å². The lowest BCUT2D eigenvalue weighted by molar-refractivity contribution is -0.870. The maximum atomic E-state index is 13.0. The number of allylic oxidation sites excluding steroid dienone is 30. The fraction of sp³-hybridized carbons (Fsp3) is 0.616. The highest BCUT2D eigenvalue weighted by Crippen LogP contribution is 2.17. The molecule has 0 aromatic heterocycles. The van der Waals surface area contributed by atoms with E-state index >= 15 is 0 Å². The molecule has 0 saturated heterocycles. The first-order valence-corrected chi connectivity index (χ1v) is 37.9. The van der Waals surface area contributed by atoms with E-state index in [-0.39, 0.29) is 38.6 Å². The standard InChI is InChI=1S/C86H139NO8/c1-6-8-10-12-14-16-18-20-22-24-26-28-30-32-34-36-37-38-39-40-41-42-43-44-45-46-47-49-51-53-55-57-59-61-63-65-67-69-71-73-75-77-84(89)95-82(81-94-86(85(90)91)92-79-78-87(3,4)5)80-93-83(88)76-74-72-70-68-66-64-62-60-58-56-54-52-50-48-35-33-31-29-27-25-23-21-19-17-15-13-11-9-7-2/h8-11,14-17,20-23,26-29,32-35,37-38,40-41,43-44,46-47,50,52,82,86H,6-7,12-13,18-19,24-25,30-31,36,39,42,45,48-49,51,53-81H2,1-5H3/b10-8-,11-9-,16-14-,17-15-,22-20-,23-21-,28-26-,29-27-,34-32-,35-33-,38-37-,41-40-,44-43-,47-46-,52-50-. The molecular weight excluding hydrogens is 1170 g/mol. The lowest BCUT2D eigenvalue weighted by Crippen LogP contribution is -2.44. The van der Waals surface area contributed by atoms with E-state index in [1.54, 1.807) is 0 Å². The summed E-state index contributed by atoms with van der Waals surface area (Å²) in [6, 6.07) is 0. The first kappa shape index (κ1) is 89.4. The summed E-state index contributed by atoms with van der Waals surface area (Å²) >= 11 is 0. The van der Waals surface area contributed by atoms with Crippen molar-refractivity contribution in [1.82, 2.24) is 0 Å². The number of hydrogen-bond acceptors (Lipinski definition) is 8. The summed E-state index contributed by atoms with van der Waals surface area (Å²) in [7, 11) is 5.92. The molecule has 0 amide bonds. The van der Waals surface area contributed by atoms with Crippen molar-refractivity contribution in [3.8, 4) is 0 Å². The zero-order valence-electron chi connectivity index (χ0n) is 61.2. The van der Waals surface area contributed by atoms with Gasteiger partial charge in [0.1, 0.15) is 13.2 Å². The highest BCUT2D eigenvalue weighted by Gasteiger charge is 2.22. The third-order valence-electron chi connectivity index (χ3n) is 15.6. The first-order valence-electron chi connectivity index (χ1n) is 37.9. The minimum Gasteiger partial charge on any atom is -0.545 e. The molecule has 0 saturated carbocycles. The van der Waals surface area contributed by atoms with Crippen molar-refractivity contribution in [3.05, 3.63) is 182 Å². The molecule has 0 aromatic carbocycles. The van der Waals surface area contributed by atoms with Gasteiger partial charge in [-0.2, -0.15) is 0 Å². The van der Waals surface area contributed by atoms with Crippen LogP contribution in [-0.4, -0.2) is 82.3 Å². The Morgan fingerprint density at radius 2 is 0.568 bits per heavy atom. The number of carbonyl (C=O) groups excluding carboxylic acids is 3. The second kappa shape index (κ2) is 74.2. The van der Waals surface area contributed by atoms with Crippen LogP contribution in [0.1, 0.15) is 284 Å². The number of esters is 2. The average Bonchev–Trinajstić information content (AvgIpc) is 3.54. The van der Waals surface area contributed by atoms with Gasteiger partial charge in [0.2, 0.25) is 0 Å². The Morgan fingerprint density at radius 3 is 0.842 bits per heavy atom. The molecular formula is C86H139NO8. The number of unbranched alkanes of at least 4 members (excludes halogenated alkanes) is 23. The predicted molar refractivity (Wildman–Crippen MR) is 407 cm³/mol. The van der Waals surface area contributed by atoms with E-state index in [2.05, 4.69) is 196 Å². The Bertz CT molecular complexity index is 2220. The molecule has 0 aliphatic heterocycles. The normalized spacial score (nSPS) is 13.7. The highest BCUT2D eigenvalue weighted by atomic mass is 16.7. The van der Waals surface area contributed by atoms with E-state index in [0.29, 0.717) is 17.4 Å². The van der Waals surface area contributed by atoms with Crippen LogP contribution >= 0.6 is 0 Å². The van der Waals surface area contributed by atoms with Gasteiger partial charge in [0.15, 0.2) is 12.4 Å². The minimum atomic E-state index is -1.63. The fourth-order valence-corrected chi connectivity index (χ4v) is 9.95. The molecule has 2 atom stereocenters. The molecule has 2 unspecified atom stereocenters. The monoisotopic (exact) mass is 1310 g/mol. The van der Waals surface area contributed by atoms with Crippen molar-refractivity contribution in [3.63, 3.8) is 0 Å². The number of likely N-dealkylation sites (N-methyl/N-ethyl adjacent to an activating group) is 1. The summed E-state index contributed by atoms with van der Waals surface area (Å²) < 4.78 is 22.8. The molecule has 0 N–H and O–H groups in total. The number of quaternary nitrogens is 1. The smallest absolute Gasteiger partial charge is 0.306 e. The summed E-state index contributed by atoms with van der Waals surface area (Å²) in [5.41, 5.74) is 0. The molecule has 9 nitrogen and oxygen atoms in total. The van der Waals surface area contributed by atoms with Crippen LogP contribution in [0.25, 0.3) is 0 Å². The van der Waals surface area contributed by atoms with Gasteiger partial charge >= 0.3 is 11.9 Å². The Morgan fingerprint density at radius 1 is 0.316 bits per heavy atom. The van der Waals surface area contributed by atoms with Crippen molar-refractivity contribution in [2.24, 2.45) is 0 Å². The van der Waals surface area contributed by atoms with Crippen molar-refractivity contribution in [1.29, 1.82) is 0 Å². The predicted octanol–water partition coefficient (Wildman–Crippen LogP) is 23.0. The van der Waals surface area contributed by atoms with Crippen LogP contribution in [0.5, 0.6) is 0 Å². The van der Waals surface area contributed by atoms with E-state index in [4.69, 9.17) is 18.9 Å². The maximum Gasteiger partial charge on any atom is 0.306 e. The van der Waals surface area contributed by atoms with Crippen LogP contribution in [0.4, 0.5) is 0 Å². The molecule has 0 aliphatic carbocycles. The van der Waals surface area contributed by atoms with E-state index in [1.807, 2.05) is 21.1 Å². The second-order valence-corrected chi connectivity index (χ2v) is 25.8. The molecule has 0 bridgehead atoms. The van der Waals surface area contributed by atoms with Gasteiger partial charge in [0.05, 0.1) is 40.3 Å². The van der Waals surface area contributed by atoms with Crippen LogP contribution in [0.15, 0.2) is 182 Å². The number of rotatable bonds is 68. The van der Waals surface area contributed by atoms with Crippen LogP contribution in [-0.2, 0) is 33.3 Å². The first-order chi connectivity index (χ1) is 46.6. The number of carbonyl (C=O) groups is 3. The SMILES string of the molecule is CC/C=C\C/C=C\C/C=C\C/C=C\C/C=C\C/C=C\C/C=C\C/C=C\C/C=C\CCCCCCCCCCCCCCCC(=O)OC(COC(=O)CCCCCCCCCCCC/C=C\C/C=C\C/C=C\C/C=C\C/C=C\C/C=C\CC)COC(OCC[N+](C)(C)C)C(=O)[O-]. The van der Waals surface area contributed by atoms with Crippen molar-refractivity contribution >= 4 is 17.9 Å². The molecule has 9 heteroatoms. The maximum absolute atomic E-state index is 13.0. The molecule has 0 rings (SSSR count). The number of carboxylic acid groups (broad SMARTS) is 1. The summed E-state index contributed by atoms with van der Waals surface area (Å²) in [6.45, 7) is 4.51. The number of hydrogen-bond donors (Lipinski definition) is 0. The molecule has 0 heterocycles. The quantitative estimate of drug-likeness (QED) is 0.0195. The Kier molecular flexibility index (Phi) is 69.8. The van der Waals surface area contributed by atoms with Crippen LogP contribution in [0, 0.1) is 0 Å². The van der Waals surface area contributed by atoms with E-state index < -0.39 is 24.3 Å². The van der Waals surface area contributed by atoms with Crippen molar-refractivity contribution in [2.75, 3.05) is 47.5 Å². The topological polar surface area (TPSA) is 111 Å². The minimum absolute atomic E-state index is 0.139. The average molecular weight is 1320 g/mol. The van der Waals surface area contributed by atoms with E-state index in [1.165, 1.54) is 103 Å². The molecule has 0 radical (unpaired) electrons. The van der Waals surface area contributed by atoms with Gasteiger partial charge in [0.25, 0.3) is 0 Å². The summed E-state index contributed by atoms with van der Waals surface area (Å²) in [4.78, 5) is 37.6. The fourth-order valence-electron chi connectivity index (χ4n) is 9.95. The van der Waals surface area contributed by atoms with E-state index in [9.17, 15) is 19.5 Å². The van der Waals surface area contributed by atoms with Gasteiger partial charge in [-0.3, -0.25) is 9.59 Å². The number of nitrogens with zero attached hydrogens (tertiary/aromatic N) is 1. The zero-order valence-corrected chi connectivity index (χ0v) is 61.2. The zero-order chi connectivity index (χ0) is 69.0. The van der Waals surface area contributed by atoms with Gasteiger partial charge in [0, 0.05) is 12.8 Å². The van der Waals surface area contributed by atoms with Crippen LogP contribution in [0.3, 0.4) is 0 Å². The molecule has 536 valence electrons. The van der Waals surface area contributed by atoms with Gasteiger partial charge in [-0.25, -0.2) is 0 Å². The van der Waals surface area contributed by atoms with E-state index in [0.717, 1.165) is 148 Å². The Labute approximate surface area is 583 Å². The second-order valence-electron chi connectivity index (χ2n) is 25.8. The Balaban J connectivity index is 4.13. The third-order valence-corrected chi connectivity index (χ3v) is 15.6. The number of aliphatic carboxylic acids is 1. The molecule has 0 spiro atoms. The molecule has 95 heavy (non-hydrogen) atoms. The summed E-state index contributed by atoms with van der Waals surface area (Å²) in [5, 5.41) is 11.9. The number of ether oxygens (including phenoxy) is 4. The van der Waals surface area contributed by atoms with Crippen molar-refractivity contribution in [2.45, 2.75) is 296 Å². The van der Waals surface area contributed by atoms with Gasteiger partial charge < -0.3 is 33.3 Å². The van der Waals surface area contributed by atoms with Crippen LogP contribution in [0.2, 0.25) is 0 Å². The van der Waals surface area contributed by atoms with Gasteiger partial charge in [-0.1, -0.05) is 318 Å². The number of carboxylic acids is 1. The lowest BCUT2D eigenvalue weighted by Gasteiger charge is -2.26.